The van der Waals surface area contributed by atoms with Crippen LogP contribution in [0.3, 0.4) is 0 Å². The summed E-state index contributed by atoms with van der Waals surface area (Å²) >= 11 is 8.13. The van der Waals surface area contributed by atoms with Crippen LogP contribution in [0.5, 0.6) is 0 Å². The molecule has 0 atom stereocenters. The Kier molecular flexibility index (Phi) is 7.10. The van der Waals surface area contributed by atoms with E-state index in [-0.39, 0.29) is 34.4 Å². The van der Waals surface area contributed by atoms with E-state index in [1.807, 2.05) is 22.6 Å². The van der Waals surface area contributed by atoms with Gasteiger partial charge in [0.15, 0.2) is 0 Å². The van der Waals surface area contributed by atoms with Gasteiger partial charge in [0.25, 0.3) is 11.2 Å². The summed E-state index contributed by atoms with van der Waals surface area (Å²) in [7, 11) is 0. The zero-order valence-electron chi connectivity index (χ0n) is 18.8. The van der Waals surface area contributed by atoms with Crippen LogP contribution in [0.1, 0.15) is 22.5 Å². The predicted octanol–water partition coefficient (Wildman–Crippen LogP) is 6.86. The van der Waals surface area contributed by atoms with Gasteiger partial charge >= 0.3 is 12.4 Å². The highest BCUT2D eigenvalue weighted by Crippen LogP contribution is 2.50. The van der Waals surface area contributed by atoms with Crippen molar-refractivity contribution in [3.05, 3.63) is 102 Å². The van der Waals surface area contributed by atoms with Crippen molar-refractivity contribution in [2.75, 3.05) is 0 Å². The van der Waals surface area contributed by atoms with E-state index in [0.29, 0.717) is 20.7 Å². The van der Waals surface area contributed by atoms with Gasteiger partial charge in [0.05, 0.1) is 21.6 Å². The minimum atomic E-state index is -6.03. The van der Waals surface area contributed by atoms with Gasteiger partial charge in [-0.1, -0.05) is 54.1 Å². The number of fused-ring (bicyclic) bond motifs is 1. The normalized spacial score (nSPS) is 12.8. The third-order valence-corrected chi connectivity index (χ3v) is 7.38. The average Bonchev–Trinajstić information content (AvgIpc) is 2.80. The van der Waals surface area contributed by atoms with Crippen molar-refractivity contribution in [1.29, 1.82) is 0 Å². The molecule has 0 fully saturated rings. The minimum Gasteiger partial charge on any atom is -0.369 e. The van der Waals surface area contributed by atoms with E-state index in [9.17, 15) is 36.2 Å². The fraction of sp³-hybridized carbons (Fsp3) is 0.200. The van der Waals surface area contributed by atoms with Crippen molar-refractivity contribution < 1.29 is 31.4 Å². The molecule has 12 heteroatoms. The van der Waals surface area contributed by atoms with E-state index in [1.54, 1.807) is 30.3 Å². The highest BCUT2D eigenvalue weighted by Gasteiger charge is 2.71. The van der Waals surface area contributed by atoms with Crippen molar-refractivity contribution in [2.24, 2.45) is 0 Å². The molecule has 4 nitrogen and oxygen atoms in total. The number of aryl methyl sites for hydroxylation is 1. The Morgan fingerprint density at radius 1 is 0.973 bits per heavy atom. The fourth-order valence-electron chi connectivity index (χ4n) is 3.99. The fourth-order valence-corrected chi connectivity index (χ4v) is 4.62. The highest BCUT2D eigenvalue weighted by molar-refractivity contribution is 14.1. The van der Waals surface area contributed by atoms with E-state index in [1.165, 1.54) is 19.1 Å². The van der Waals surface area contributed by atoms with Crippen molar-refractivity contribution in [1.82, 2.24) is 9.55 Å². The minimum absolute atomic E-state index is 0.0192. The molecule has 0 bridgehead atoms. The van der Waals surface area contributed by atoms with Gasteiger partial charge in [-0.25, -0.2) is 4.98 Å². The molecule has 0 saturated heterocycles. The SMILES string of the molecule is Cc1cc(C(O)(C(F)(F)F)C(F)(F)F)ccc1-n1c(Cc2ccccc2)nc2cc(Cl)c(I)cc2c1=O. The molecular formula is C25H16ClF6IN2O2. The van der Waals surface area contributed by atoms with Crippen LogP contribution in [0.2, 0.25) is 5.02 Å². The number of nitrogens with zero attached hydrogens (tertiary/aromatic N) is 2. The van der Waals surface area contributed by atoms with Crippen LogP contribution in [0.25, 0.3) is 16.6 Å². The number of aromatic nitrogens is 2. The van der Waals surface area contributed by atoms with Gasteiger partial charge in [-0.05, 0) is 58.8 Å². The number of aliphatic hydroxyl groups is 1. The van der Waals surface area contributed by atoms with Gasteiger partial charge in [0.1, 0.15) is 5.82 Å². The first kappa shape index (κ1) is 27.4. The summed E-state index contributed by atoms with van der Waals surface area (Å²) in [6, 6.07) is 13.9. The summed E-state index contributed by atoms with van der Waals surface area (Å²) in [5, 5.41) is 10.3. The lowest BCUT2D eigenvalue weighted by molar-refractivity contribution is -0.376. The second-order valence-corrected chi connectivity index (χ2v) is 9.89. The second-order valence-electron chi connectivity index (χ2n) is 8.32. The van der Waals surface area contributed by atoms with Gasteiger partial charge in [-0.3, -0.25) is 9.36 Å². The zero-order chi connectivity index (χ0) is 27.3. The average molecular weight is 653 g/mol. The van der Waals surface area contributed by atoms with Crippen molar-refractivity contribution in [3.63, 3.8) is 0 Å². The van der Waals surface area contributed by atoms with E-state index >= 15 is 0 Å². The molecule has 3 aromatic carbocycles. The van der Waals surface area contributed by atoms with Crippen LogP contribution in [0.4, 0.5) is 26.3 Å². The second kappa shape index (κ2) is 9.59. The molecule has 0 radical (unpaired) electrons. The van der Waals surface area contributed by atoms with E-state index in [2.05, 4.69) is 4.98 Å². The molecule has 194 valence electrons. The lowest BCUT2D eigenvalue weighted by Gasteiger charge is -2.33. The molecule has 0 amide bonds. The summed E-state index contributed by atoms with van der Waals surface area (Å²) in [5.41, 5.74) is -6.12. The molecule has 37 heavy (non-hydrogen) atoms. The molecule has 1 N–H and O–H groups in total. The van der Waals surface area contributed by atoms with Crippen molar-refractivity contribution in [2.45, 2.75) is 31.3 Å². The predicted molar refractivity (Wildman–Crippen MR) is 135 cm³/mol. The number of benzene rings is 3. The van der Waals surface area contributed by atoms with Gasteiger partial charge < -0.3 is 5.11 Å². The largest absolute Gasteiger partial charge is 0.430 e. The molecule has 0 aliphatic carbocycles. The molecule has 0 saturated carbocycles. The number of hydrogen-bond acceptors (Lipinski definition) is 3. The highest BCUT2D eigenvalue weighted by atomic mass is 127. The Bertz CT molecular complexity index is 1540. The Morgan fingerprint density at radius 2 is 1.59 bits per heavy atom. The summed E-state index contributed by atoms with van der Waals surface area (Å²) in [4.78, 5) is 18.2. The van der Waals surface area contributed by atoms with Crippen LogP contribution < -0.4 is 5.56 Å². The molecule has 1 aromatic heterocycles. The van der Waals surface area contributed by atoms with Crippen LogP contribution in [0.15, 0.2) is 65.5 Å². The molecular weight excluding hydrogens is 637 g/mol. The number of rotatable bonds is 4. The number of alkyl halides is 6. The third-order valence-electron chi connectivity index (χ3n) is 5.86. The van der Waals surface area contributed by atoms with Crippen molar-refractivity contribution >= 4 is 45.1 Å². The maximum absolute atomic E-state index is 13.6. The van der Waals surface area contributed by atoms with Crippen LogP contribution in [-0.2, 0) is 12.0 Å². The quantitative estimate of drug-likeness (QED) is 0.194. The van der Waals surface area contributed by atoms with Gasteiger partial charge in [0.2, 0.25) is 0 Å². The van der Waals surface area contributed by atoms with Gasteiger partial charge in [-0.15, -0.1) is 0 Å². The number of halogens is 8. The standard InChI is InChI=1S/C25H16ClF6IN2O2/c1-13-9-15(23(37,24(27,28)29)25(30,31)32)7-8-20(13)35-21(10-14-5-3-2-4-6-14)34-19-12-17(26)18(33)11-16(19)22(35)36/h2-9,11-12,37H,10H2,1H3. The molecule has 0 unspecified atom stereocenters. The van der Waals surface area contributed by atoms with E-state index < -0.39 is 29.1 Å². The van der Waals surface area contributed by atoms with Crippen LogP contribution in [-0.4, -0.2) is 27.0 Å². The Morgan fingerprint density at radius 3 is 2.16 bits per heavy atom. The van der Waals surface area contributed by atoms with Gasteiger partial charge in [-0.2, -0.15) is 26.3 Å². The van der Waals surface area contributed by atoms with E-state index in [4.69, 9.17) is 11.6 Å². The zero-order valence-corrected chi connectivity index (χ0v) is 21.7. The Hall–Kier alpha value is -2.64. The van der Waals surface area contributed by atoms with Crippen LogP contribution in [0, 0.1) is 10.5 Å². The summed E-state index contributed by atoms with van der Waals surface area (Å²) in [5.74, 6) is 0.193. The third kappa shape index (κ3) is 4.84. The summed E-state index contributed by atoms with van der Waals surface area (Å²) in [6.45, 7) is 1.25. The molecule has 0 aliphatic heterocycles. The maximum atomic E-state index is 13.6. The first-order valence-corrected chi connectivity index (χ1v) is 12.0. The van der Waals surface area contributed by atoms with E-state index in [0.717, 1.165) is 16.2 Å². The van der Waals surface area contributed by atoms with Crippen molar-refractivity contribution in [3.8, 4) is 5.69 Å². The van der Waals surface area contributed by atoms with Gasteiger partial charge in [0, 0.05) is 15.6 Å². The monoisotopic (exact) mass is 652 g/mol. The molecule has 4 aromatic rings. The molecule has 0 spiro atoms. The number of hydrogen-bond donors (Lipinski definition) is 1. The Labute approximate surface area is 224 Å². The Balaban J connectivity index is 1.99. The molecule has 0 aliphatic rings. The topological polar surface area (TPSA) is 55.1 Å². The molecule has 4 rings (SSSR count). The first-order valence-electron chi connectivity index (χ1n) is 10.6. The summed E-state index contributed by atoms with van der Waals surface area (Å²) in [6.07, 6.45) is -11.9. The first-order chi connectivity index (χ1) is 17.1. The van der Waals surface area contributed by atoms with Crippen LogP contribution >= 0.6 is 34.2 Å². The smallest absolute Gasteiger partial charge is 0.369 e. The molecule has 1 heterocycles. The summed E-state index contributed by atoms with van der Waals surface area (Å²) < 4.78 is 82.2. The lowest BCUT2D eigenvalue weighted by Crippen LogP contribution is -2.54. The lowest BCUT2D eigenvalue weighted by atomic mass is 9.90. The maximum Gasteiger partial charge on any atom is 0.430 e.